The van der Waals surface area contributed by atoms with Crippen LogP contribution in [0.25, 0.3) is 0 Å². The summed E-state index contributed by atoms with van der Waals surface area (Å²) in [6.45, 7) is 0. The monoisotopic (exact) mass is 431 g/mol. The summed E-state index contributed by atoms with van der Waals surface area (Å²) >= 11 is 11.5. The van der Waals surface area contributed by atoms with Gasteiger partial charge in [-0.2, -0.15) is 0 Å². The van der Waals surface area contributed by atoms with Gasteiger partial charge in [0, 0.05) is 18.5 Å². The maximum Gasteiger partial charge on any atom is 0.282 e. The Morgan fingerprint density at radius 3 is 1.90 bits per heavy atom. The van der Waals surface area contributed by atoms with Crippen LogP contribution in [0.5, 0.6) is 0 Å². The van der Waals surface area contributed by atoms with Crippen molar-refractivity contribution in [1.29, 1.82) is 0 Å². The van der Waals surface area contributed by atoms with Gasteiger partial charge in [0.05, 0.1) is 20.5 Å². The minimum absolute atomic E-state index is 0.114. The summed E-state index contributed by atoms with van der Waals surface area (Å²) in [5.41, 5.74) is -1.16. The Hall–Kier alpha value is -3.56. The third-order valence-electron chi connectivity index (χ3n) is 3.65. The molecule has 1 aromatic carbocycles. The zero-order valence-electron chi connectivity index (χ0n) is 14.4. The van der Waals surface area contributed by atoms with E-state index in [1.54, 1.807) is 0 Å². The van der Waals surface area contributed by atoms with E-state index in [0.717, 1.165) is 6.07 Å². The maximum atomic E-state index is 12.7. The molecule has 9 nitrogen and oxygen atoms in total. The number of nitrogens with one attached hydrogen (secondary N) is 2. The van der Waals surface area contributed by atoms with Crippen LogP contribution < -0.4 is 10.6 Å². The number of carbonyl (C=O) groups excluding carboxylic acids is 2. The summed E-state index contributed by atoms with van der Waals surface area (Å²) in [4.78, 5) is 43.9. The maximum absolute atomic E-state index is 12.7. The van der Waals surface area contributed by atoms with Crippen LogP contribution in [0.3, 0.4) is 0 Å². The van der Waals surface area contributed by atoms with E-state index in [0.29, 0.717) is 10.0 Å². The van der Waals surface area contributed by atoms with Crippen LogP contribution in [0.15, 0.2) is 54.9 Å². The van der Waals surface area contributed by atoms with Gasteiger partial charge in [0.25, 0.3) is 17.5 Å². The van der Waals surface area contributed by atoms with Crippen LogP contribution >= 0.6 is 23.2 Å². The normalized spacial score (nSPS) is 10.3. The number of nitro benzene ring substituents is 1. The molecule has 146 valence electrons. The van der Waals surface area contributed by atoms with E-state index >= 15 is 0 Å². The van der Waals surface area contributed by atoms with E-state index in [1.165, 1.54) is 48.8 Å². The highest BCUT2D eigenvalue weighted by atomic mass is 35.5. The van der Waals surface area contributed by atoms with Gasteiger partial charge in [0.1, 0.15) is 17.2 Å². The van der Waals surface area contributed by atoms with Gasteiger partial charge in [0.15, 0.2) is 0 Å². The zero-order valence-corrected chi connectivity index (χ0v) is 15.9. The predicted octanol–water partition coefficient (Wildman–Crippen LogP) is 4.20. The molecular formula is C18H11Cl2N5O4. The summed E-state index contributed by atoms with van der Waals surface area (Å²) < 4.78 is 0. The van der Waals surface area contributed by atoms with E-state index in [9.17, 15) is 19.7 Å². The summed E-state index contributed by atoms with van der Waals surface area (Å²) in [6, 6.07) is 9.60. The molecule has 11 heteroatoms. The van der Waals surface area contributed by atoms with Crippen molar-refractivity contribution in [3.05, 3.63) is 86.1 Å². The molecule has 0 saturated carbocycles. The Morgan fingerprint density at radius 1 is 0.862 bits per heavy atom. The van der Waals surface area contributed by atoms with Crippen LogP contribution in [0.4, 0.5) is 17.3 Å². The summed E-state index contributed by atoms with van der Waals surface area (Å²) in [6.07, 6.45) is 2.63. The van der Waals surface area contributed by atoms with Gasteiger partial charge < -0.3 is 10.6 Å². The summed E-state index contributed by atoms with van der Waals surface area (Å²) in [7, 11) is 0. The number of carbonyl (C=O) groups is 2. The molecule has 0 saturated heterocycles. The Kier molecular flexibility index (Phi) is 6.01. The third-order valence-corrected chi connectivity index (χ3v) is 4.10. The zero-order chi connectivity index (χ0) is 21.0. The lowest BCUT2D eigenvalue weighted by Gasteiger charge is -2.11. The SMILES string of the molecule is O=C(Nc1ccc(Cl)cn1)c1cccc([N+](=O)[O-])c1C(=O)Nc1ccc(Cl)cn1. The van der Waals surface area contributed by atoms with E-state index in [-0.39, 0.29) is 17.2 Å². The van der Waals surface area contributed by atoms with E-state index in [2.05, 4.69) is 20.6 Å². The lowest BCUT2D eigenvalue weighted by atomic mass is 10.0. The average molecular weight is 432 g/mol. The Bertz CT molecular complexity index is 1090. The first-order valence-corrected chi connectivity index (χ1v) is 8.74. The Morgan fingerprint density at radius 2 is 1.41 bits per heavy atom. The fraction of sp³-hybridized carbons (Fsp3) is 0. The molecule has 2 N–H and O–H groups in total. The first-order valence-electron chi connectivity index (χ1n) is 7.98. The lowest BCUT2D eigenvalue weighted by Crippen LogP contribution is -2.22. The molecule has 2 heterocycles. The van der Waals surface area contributed by atoms with Crippen molar-refractivity contribution in [2.75, 3.05) is 10.6 Å². The highest BCUT2D eigenvalue weighted by Gasteiger charge is 2.27. The number of benzene rings is 1. The van der Waals surface area contributed by atoms with Crippen molar-refractivity contribution in [1.82, 2.24) is 9.97 Å². The van der Waals surface area contributed by atoms with Gasteiger partial charge in [-0.15, -0.1) is 0 Å². The smallest absolute Gasteiger partial charge is 0.282 e. The van der Waals surface area contributed by atoms with Gasteiger partial charge in [-0.3, -0.25) is 19.7 Å². The topological polar surface area (TPSA) is 127 Å². The number of halogens is 2. The number of anilines is 2. The molecule has 0 aliphatic rings. The molecule has 2 aromatic heterocycles. The average Bonchev–Trinajstić information content (AvgIpc) is 2.70. The molecule has 0 aliphatic heterocycles. The fourth-order valence-corrected chi connectivity index (χ4v) is 2.61. The minimum atomic E-state index is -0.874. The van der Waals surface area contributed by atoms with Crippen molar-refractivity contribution in [2.24, 2.45) is 0 Å². The van der Waals surface area contributed by atoms with Crippen LogP contribution in [-0.2, 0) is 0 Å². The Balaban J connectivity index is 1.96. The molecule has 29 heavy (non-hydrogen) atoms. The van der Waals surface area contributed by atoms with Gasteiger partial charge in [0.2, 0.25) is 0 Å². The molecule has 0 fully saturated rings. The second-order valence-corrected chi connectivity index (χ2v) is 6.46. The van der Waals surface area contributed by atoms with Crippen molar-refractivity contribution < 1.29 is 14.5 Å². The van der Waals surface area contributed by atoms with Crippen molar-refractivity contribution in [3.8, 4) is 0 Å². The largest absolute Gasteiger partial charge is 0.307 e. The van der Waals surface area contributed by atoms with Crippen molar-refractivity contribution >= 4 is 52.3 Å². The highest BCUT2D eigenvalue weighted by Crippen LogP contribution is 2.25. The number of amides is 2. The second kappa shape index (κ2) is 8.63. The standard InChI is InChI=1S/C18H11Cl2N5O4/c19-10-4-6-14(21-8-10)23-17(26)12-2-1-3-13(25(28)29)16(12)18(27)24-15-7-5-11(20)9-22-15/h1-9H,(H,21,23,26)(H,22,24,27). The number of aromatic nitrogens is 2. The molecule has 0 aliphatic carbocycles. The third kappa shape index (κ3) is 4.84. The minimum Gasteiger partial charge on any atom is -0.307 e. The van der Waals surface area contributed by atoms with Gasteiger partial charge in [-0.25, -0.2) is 9.97 Å². The van der Waals surface area contributed by atoms with Crippen LogP contribution in [0, 0.1) is 10.1 Å². The van der Waals surface area contributed by atoms with Gasteiger partial charge in [-0.05, 0) is 30.3 Å². The first kappa shape index (κ1) is 20.2. The summed E-state index contributed by atoms with van der Waals surface area (Å²) in [5.74, 6) is -1.35. The molecule has 0 unspecified atom stereocenters. The Labute approximate surface area is 173 Å². The van der Waals surface area contributed by atoms with Crippen LogP contribution in [0.1, 0.15) is 20.7 Å². The number of rotatable bonds is 5. The molecule has 0 bridgehead atoms. The van der Waals surface area contributed by atoms with Crippen LogP contribution in [-0.4, -0.2) is 26.7 Å². The number of nitrogens with zero attached hydrogens (tertiary/aromatic N) is 3. The summed E-state index contributed by atoms with van der Waals surface area (Å²) in [5, 5.41) is 17.0. The fourth-order valence-electron chi connectivity index (χ4n) is 2.38. The van der Waals surface area contributed by atoms with E-state index in [1.807, 2.05) is 0 Å². The molecule has 3 aromatic rings. The van der Waals surface area contributed by atoms with E-state index in [4.69, 9.17) is 23.2 Å². The predicted molar refractivity (Wildman–Crippen MR) is 107 cm³/mol. The molecular weight excluding hydrogens is 421 g/mol. The quantitative estimate of drug-likeness (QED) is 0.460. The van der Waals surface area contributed by atoms with E-state index < -0.39 is 28.0 Å². The van der Waals surface area contributed by atoms with Gasteiger partial charge >= 0.3 is 0 Å². The number of nitro groups is 1. The number of hydrogen-bond donors (Lipinski definition) is 2. The molecule has 0 spiro atoms. The molecule has 3 rings (SSSR count). The van der Waals surface area contributed by atoms with Gasteiger partial charge in [-0.1, -0.05) is 29.3 Å². The van der Waals surface area contributed by atoms with Crippen molar-refractivity contribution in [3.63, 3.8) is 0 Å². The number of pyridine rings is 2. The first-order chi connectivity index (χ1) is 13.8. The molecule has 0 radical (unpaired) electrons. The lowest BCUT2D eigenvalue weighted by molar-refractivity contribution is -0.385. The number of hydrogen-bond acceptors (Lipinski definition) is 6. The highest BCUT2D eigenvalue weighted by molar-refractivity contribution is 6.30. The van der Waals surface area contributed by atoms with Crippen LogP contribution in [0.2, 0.25) is 10.0 Å². The molecule has 0 atom stereocenters. The van der Waals surface area contributed by atoms with Crippen molar-refractivity contribution in [2.45, 2.75) is 0 Å². The second-order valence-electron chi connectivity index (χ2n) is 5.59. The molecule has 2 amide bonds.